The minimum absolute atomic E-state index is 0.514. The van der Waals surface area contributed by atoms with Crippen molar-refractivity contribution in [2.75, 3.05) is 14.1 Å². The number of nitrogens with zero attached hydrogens (tertiary/aromatic N) is 1. The molecule has 2 saturated carbocycles. The molecule has 0 aromatic heterocycles. The normalized spacial score (nSPS) is 34.4. The van der Waals surface area contributed by atoms with E-state index in [0.29, 0.717) is 16.9 Å². The highest BCUT2D eigenvalue weighted by molar-refractivity contribution is 4.96. The maximum Gasteiger partial charge on any atom is 0.0254 e. The Morgan fingerprint density at radius 3 is 2.00 bits per heavy atom. The van der Waals surface area contributed by atoms with Crippen LogP contribution in [0.1, 0.15) is 72.6 Å². The fraction of sp³-hybridized carbons (Fsp3) is 1.00. The van der Waals surface area contributed by atoms with Gasteiger partial charge in [-0.05, 0) is 69.9 Å². The summed E-state index contributed by atoms with van der Waals surface area (Å²) in [7, 11) is 4.53. The molecule has 20 heavy (non-hydrogen) atoms. The Kier molecular flexibility index (Phi) is 4.86. The molecular formula is C18H36N2. The average molecular weight is 281 g/mol. The van der Waals surface area contributed by atoms with Crippen LogP contribution in [0.2, 0.25) is 0 Å². The van der Waals surface area contributed by atoms with Crippen LogP contribution in [0.5, 0.6) is 0 Å². The van der Waals surface area contributed by atoms with Gasteiger partial charge in [0.25, 0.3) is 0 Å². The van der Waals surface area contributed by atoms with Gasteiger partial charge in [-0.2, -0.15) is 0 Å². The zero-order valence-electron chi connectivity index (χ0n) is 14.6. The number of hydrogen-bond donors (Lipinski definition) is 1. The van der Waals surface area contributed by atoms with Crippen LogP contribution in [0.15, 0.2) is 0 Å². The minimum Gasteiger partial charge on any atom is -0.315 e. The van der Waals surface area contributed by atoms with Crippen molar-refractivity contribution in [3.8, 4) is 0 Å². The minimum atomic E-state index is 0.514. The van der Waals surface area contributed by atoms with Crippen LogP contribution in [0.4, 0.5) is 0 Å². The van der Waals surface area contributed by atoms with Gasteiger partial charge in [0, 0.05) is 18.1 Å². The first-order valence-corrected chi connectivity index (χ1v) is 8.63. The van der Waals surface area contributed by atoms with Crippen molar-refractivity contribution in [3.63, 3.8) is 0 Å². The molecule has 0 bridgehead atoms. The molecule has 0 radical (unpaired) electrons. The van der Waals surface area contributed by atoms with Crippen molar-refractivity contribution in [1.29, 1.82) is 0 Å². The molecule has 2 rings (SSSR count). The van der Waals surface area contributed by atoms with E-state index in [2.05, 4.69) is 52.0 Å². The van der Waals surface area contributed by atoms with E-state index in [4.69, 9.17) is 0 Å². The highest BCUT2D eigenvalue weighted by atomic mass is 15.2. The summed E-state index contributed by atoms with van der Waals surface area (Å²) in [4.78, 5) is 2.73. The van der Waals surface area contributed by atoms with Gasteiger partial charge >= 0.3 is 0 Å². The summed E-state index contributed by atoms with van der Waals surface area (Å²) in [6, 6.07) is 2.20. The third-order valence-electron chi connectivity index (χ3n) is 6.14. The molecule has 118 valence electrons. The van der Waals surface area contributed by atoms with Crippen LogP contribution in [0.3, 0.4) is 0 Å². The Morgan fingerprint density at radius 2 is 1.45 bits per heavy atom. The second-order valence-corrected chi connectivity index (χ2v) is 8.93. The summed E-state index contributed by atoms with van der Waals surface area (Å²) in [5.41, 5.74) is 1.09. The lowest BCUT2D eigenvalue weighted by atomic mass is 9.71. The number of likely N-dealkylation sites (N-methyl/N-ethyl adjacent to an activating group) is 2. The standard InChI is InChI=1S/C18H36N2/c1-17(2)10-7-14(8-11-17)20(6)16-13-18(3,4)12-9-15(16)19-5/h14-16,19H,7-13H2,1-6H3. The summed E-state index contributed by atoms with van der Waals surface area (Å²) in [6.45, 7) is 9.76. The van der Waals surface area contributed by atoms with Crippen LogP contribution in [-0.4, -0.2) is 37.1 Å². The molecule has 0 saturated heterocycles. The van der Waals surface area contributed by atoms with Crippen LogP contribution in [-0.2, 0) is 0 Å². The van der Waals surface area contributed by atoms with E-state index >= 15 is 0 Å². The maximum absolute atomic E-state index is 3.59. The van der Waals surface area contributed by atoms with Gasteiger partial charge in [0.15, 0.2) is 0 Å². The predicted octanol–water partition coefficient (Wildman–Crippen LogP) is 4.05. The Bertz CT molecular complexity index is 311. The molecule has 0 spiro atoms. The van der Waals surface area contributed by atoms with Crippen molar-refractivity contribution in [1.82, 2.24) is 10.2 Å². The number of hydrogen-bond acceptors (Lipinski definition) is 2. The molecule has 2 fully saturated rings. The SMILES string of the molecule is CNC1CCC(C)(C)CC1N(C)C1CCC(C)(C)CC1. The largest absolute Gasteiger partial charge is 0.315 e. The molecular weight excluding hydrogens is 244 g/mol. The van der Waals surface area contributed by atoms with Crippen LogP contribution in [0.25, 0.3) is 0 Å². The summed E-state index contributed by atoms with van der Waals surface area (Å²) in [5.74, 6) is 0. The Morgan fingerprint density at radius 1 is 0.900 bits per heavy atom. The number of rotatable bonds is 3. The maximum atomic E-state index is 3.59. The molecule has 2 atom stereocenters. The van der Waals surface area contributed by atoms with E-state index in [-0.39, 0.29) is 0 Å². The third kappa shape index (κ3) is 3.76. The fourth-order valence-corrected chi connectivity index (χ4v) is 4.38. The Balaban J connectivity index is 2.00. The van der Waals surface area contributed by atoms with Crippen molar-refractivity contribution in [2.45, 2.75) is 90.8 Å². The van der Waals surface area contributed by atoms with Crippen molar-refractivity contribution < 1.29 is 0 Å². The van der Waals surface area contributed by atoms with Crippen molar-refractivity contribution in [3.05, 3.63) is 0 Å². The number of nitrogens with one attached hydrogen (secondary N) is 1. The van der Waals surface area contributed by atoms with Gasteiger partial charge in [-0.15, -0.1) is 0 Å². The van der Waals surface area contributed by atoms with Crippen LogP contribution in [0, 0.1) is 10.8 Å². The molecule has 2 aliphatic carbocycles. The van der Waals surface area contributed by atoms with E-state index in [1.54, 1.807) is 0 Å². The zero-order chi connectivity index (χ0) is 15.0. The van der Waals surface area contributed by atoms with Crippen molar-refractivity contribution in [2.24, 2.45) is 10.8 Å². The van der Waals surface area contributed by atoms with Gasteiger partial charge in [-0.25, -0.2) is 0 Å². The zero-order valence-corrected chi connectivity index (χ0v) is 14.6. The molecule has 0 aromatic carbocycles. The molecule has 0 aromatic rings. The quantitative estimate of drug-likeness (QED) is 0.839. The summed E-state index contributed by atoms with van der Waals surface area (Å²) in [6.07, 6.45) is 9.59. The Labute approximate surface area is 126 Å². The lowest BCUT2D eigenvalue weighted by Gasteiger charge is -2.49. The molecule has 2 unspecified atom stereocenters. The van der Waals surface area contributed by atoms with E-state index < -0.39 is 0 Å². The molecule has 0 amide bonds. The topological polar surface area (TPSA) is 15.3 Å². The van der Waals surface area contributed by atoms with E-state index in [1.807, 2.05) is 0 Å². The van der Waals surface area contributed by atoms with Gasteiger partial charge in [0.2, 0.25) is 0 Å². The molecule has 1 N–H and O–H groups in total. The fourth-order valence-electron chi connectivity index (χ4n) is 4.38. The summed E-state index contributed by atoms with van der Waals surface area (Å²) < 4.78 is 0. The van der Waals surface area contributed by atoms with Crippen molar-refractivity contribution >= 4 is 0 Å². The van der Waals surface area contributed by atoms with Gasteiger partial charge in [0.05, 0.1) is 0 Å². The molecule has 2 aliphatic rings. The summed E-state index contributed by atoms with van der Waals surface area (Å²) in [5, 5.41) is 3.59. The van der Waals surface area contributed by atoms with Gasteiger partial charge in [-0.3, -0.25) is 4.90 Å². The first kappa shape index (κ1) is 16.3. The lowest BCUT2D eigenvalue weighted by molar-refractivity contribution is 0.0308. The second kappa shape index (κ2) is 5.96. The first-order valence-electron chi connectivity index (χ1n) is 8.63. The predicted molar refractivity (Wildman–Crippen MR) is 88.1 cm³/mol. The molecule has 2 heteroatoms. The highest BCUT2D eigenvalue weighted by Crippen LogP contribution is 2.41. The van der Waals surface area contributed by atoms with E-state index in [0.717, 1.165) is 12.1 Å². The monoisotopic (exact) mass is 280 g/mol. The molecule has 0 aliphatic heterocycles. The summed E-state index contributed by atoms with van der Waals surface area (Å²) >= 11 is 0. The van der Waals surface area contributed by atoms with E-state index in [1.165, 1.54) is 44.9 Å². The van der Waals surface area contributed by atoms with Crippen LogP contribution >= 0.6 is 0 Å². The Hall–Kier alpha value is -0.0800. The first-order chi connectivity index (χ1) is 9.24. The van der Waals surface area contributed by atoms with E-state index in [9.17, 15) is 0 Å². The van der Waals surface area contributed by atoms with Gasteiger partial charge in [0.1, 0.15) is 0 Å². The average Bonchev–Trinajstić information content (AvgIpc) is 2.37. The smallest absolute Gasteiger partial charge is 0.0254 e. The highest BCUT2D eigenvalue weighted by Gasteiger charge is 2.39. The lowest BCUT2D eigenvalue weighted by Crippen LogP contribution is -2.56. The van der Waals surface area contributed by atoms with Gasteiger partial charge in [-0.1, -0.05) is 27.7 Å². The second-order valence-electron chi connectivity index (χ2n) is 8.93. The van der Waals surface area contributed by atoms with Gasteiger partial charge < -0.3 is 5.32 Å². The van der Waals surface area contributed by atoms with Crippen LogP contribution < -0.4 is 5.32 Å². The molecule has 2 nitrogen and oxygen atoms in total. The molecule has 0 heterocycles. The third-order valence-corrected chi connectivity index (χ3v) is 6.14.